The number of rotatable bonds is 5. The molecule has 1 fully saturated rings. The van der Waals surface area contributed by atoms with Crippen LogP contribution in [0.3, 0.4) is 0 Å². The first-order valence-corrected chi connectivity index (χ1v) is 9.16. The lowest BCUT2D eigenvalue weighted by molar-refractivity contribution is -0.131. The molecule has 1 saturated heterocycles. The molecule has 1 N–H and O–H groups in total. The van der Waals surface area contributed by atoms with Gasteiger partial charge >= 0.3 is 6.03 Å². The SMILES string of the molecule is CC[C@@]1(c2ccccc2)NC(=O)N(/N=C\c2ccc(-c3ccccc3F)o2)C1=O. The van der Waals surface area contributed by atoms with E-state index >= 15 is 0 Å². The second kappa shape index (κ2) is 7.35. The van der Waals surface area contributed by atoms with Crippen molar-refractivity contribution in [1.82, 2.24) is 10.3 Å². The molecule has 4 rings (SSSR count). The van der Waals surface area contributed by atoms with Crippen LogP contribution in [0.1, 0.15) is 24.7 Å². The Balaban J connectivity index is 1.59. The molecule has 2 heterocycles. The maximum Gasteiger partial charge on any atom is 0.346 e. The van der Waals surface area contributed by atoms with Crippen LogP contribution in [0.5, 0.6) is 0 Å². The molecule has 1 atom stereocenters. The van der Waals surface area contributed by atoms with Crippen LogP contribution in [0.4, 0.5) is 9.18 Å². The van der Waals surface area contributed by atoms with Crippen molar-refractivity contribution in [1.29, 1.82) is 0 Å². The third-order valence-corrected chi connectivity index (χ3v) is 4.93. The van der Waals surface area contributed by atoms with Crippen molar-refractivity contribution in [3.05, 3.63) is 83.9 Å². The number of nitrogens with zero attached hydrogens (tertiary/aromatic N) is 2. The predicted molar refractivity (Wildman–Crippen MR) is 105 cm³/mol. The molecule has 0 aliphatic carbocycles. The summed E-state index contributed by atoms with van der Waals surface area (Å²) in [5.41, 5.74) is -0.147. The van der Waals surface area contributed by atoms with Crippen LogP contribution in [0.15, 0.2) is 76.2 Å². The molecule has 6 nitrogen and oxygen atoms in total. The highest BCUT2D eigenvalue weighted by molar-refractivity contribution is 6.07. The van der Waals surface area contributed by atoms with Crippen LogP contribution >= 0.6 is 0 Å². The van der Waals surface area contributed by atoms with E-state index in [2.05, 4.69) is 10.4 Å². The average Bonchev–Trinajstić information content (AvgIpc) is 3.30. The van der Waals surface area contributed by atoms with Crippen molar-refractivity contribution < 1.29 is 18.4 Å². The third-order valence-electron chi connectivity index (χ3n) is 4.93. The van der Waals surface area contributed by atoms with E-state index < -0.39 is 23.3 Å². The van der Waals surface area contributed by atoms with E-state index in [1.807, 2.05) is 25.1 Å². The number of hydrogen-bond donors (Lipinski definition) is 1. The predicted octanol–water partition coefficient (Wildman–Crippen LogP) is 4.28. The van der Waals surface area contributed by atoms with Crippen LogP contribution in [-0.4, -0.2) is 23.2 Å². The van der Waals surface area contributed by atoms with Crippen LogP contribution in [0, 0.1) is 5.82 Å². The van der Waals surface area contributed by atoms with Gasteiger partial charge in [-0.2, -0.15) is 5.10 Å². The second-order valence-electron chi connectivity index (χ2n) is 6.60. The molecule has 3 amide bonds. The smallest absolute Gasteiger partial charge is 0.346 e. The minimum absolute atomic E-state index is 0.289. The van der Waals surface area contributed by atoms with Crippen LogP contribution < -0.4 is 5.32 Å². The molecule has 0 saturated carbocycles. The molecule has 0 bridgehead atoms. The lowest BCUT2D eigenvalue weighted by Crippen LogP contribution is -2.43. The summed E-state index contributed by atoms with van der Waals surface area (Å²) in [5, 5.41) is 7.56. The number of imide groups is 1. The minimum atomic E-state index is -1.16. The van der Waals surface area contributed by atoms with Gasteiger partial charge in [0.05, 0.1) is 11.8 Å². The Morgan fingerprint density at radius 1 is 1.07 bits per heavy atom. The van der Waals surface area contributed by atoms with Gasteiger partial charge < -0.3 is 9.73 Å². The number of carbonyl (C=O) groups excluding carboxylic acids is 2. The highest BCUT2D eigenvalue weighted by atomic mass is 19.1. The van der Waals surface area contributed by atoms with Crippen molar-refractivity contribution in [3.8, 4) is 11.3 Å². The molecule has 0 unspecified atom stereocenters. The number of halogens is 1. The summed E-state index contributed by atoms with van der Waals surface area (Å²) in [4.78, 5) is 25.4. The quantitative estimate of drug-likeness (QED) is 0.521. The average molecular weight is 391 g/mol. The fraction of sp³-hybridized carbons (Fsp3) is 0.136. The summed E-state index contributed by atoms with van der Waals surface area (Å²) >= 11 is 0. The Labute approximate surface area is 166 Å². The number of hydrazone groups is 1. The van der Waals surface area contributed by atoms with Gasteiger partial charge in [0.1, 0.15) is 22.9 Å². The summed E-state index contributed by atoms with van der Waals surface area (Å²) < 4.78 is 19.5. The third kappa shape index (κ3) is 3.20. The highest BCUT2D eigenvalue weighted by Crippen LogP contribution is 2.32. The summed E-state index contributed by atoms with van der Waals surface area (Å²) in [6.07, 6.45) is 1.64. The first kappa shape index (κ1) is 18.6. The first-order valence-electron chi connectivity index (χ1n) is 9.16. The molecule has 29 heavy (non-hydrogen) atoms. The van der Waals surface area contributed by atoms with Gasteiger partial charge in [0.2, 0.25) is 0 Å². The maximum atomic E-state index is 13.9. The number of hydrogen-bond acceptors (Lipinski definition) is 4. The molecule has 0 spiro atoms. The fourth-order valence-corrected chi connectivity index (χ4v) is 3.37. The Hall–Kier alpha value is -3.74. The maximum absolute atomic E-state index is 13.9. The van der Waals surface area contributed by atoms with Crippen molar-refractivity contribution in [2.24, 2.45) is 5.10 Å². The monoisotopic (exact) mass is 391 g/mol. The molecule has 3 aromatic rings. The van der Waals surface area contributed by atoms with Gasteiger partial charge in [-0.1, -0.05) is 49.4 Å². The van der Waals surface area contributed by atoms with E-state index in [1.54, 1.807) is 42.5 Å². The fourth-order valence-electron chi connectivity index (χ4n) is 3.37. The molecular weight excluding hydrogens is 373 g/mol. The van der Waals surface area contributed by atoms with Crippen LogP contribution in [-0.2, 0) is 10.3 Å². The Morgan fingerprint density at radius 2 is 1.79 bits per heavy atom. The van der Waals surface area contributed by atoms with Crippen LogP contribution in [0.25, 0.3) is 11.3 Å². The summed E-state index contributed by atoms with van der Waals surface area (Å²) in [6.45, 7) is 1.83. The molecule has 1 aromatic heterocycles. The topological polar surface area (TPSA) is 74.9 Å². The van der Waals surface area contributed by atoms with E-state index in [1.165, 1.54) is 12.3 Å². The molecule has 1 aliphatic rings. The largest absolute Gasteiger partial charge is 0.455 e. The number of amides is 3. The lowest BCUT2D eigenvalue weighted by atomic mass is 9.87. The van der Waals surface area contributed by atoms with Gasteiger partial charge in [0.25, 0.3) is 5.91 Å². The molecule has 1 aliphatic heterocycles. The van der Waals surface area contributed by atoms with Gasteiger partial charge in [0.15, 0.2) is 0 Å². The zero-order valence-corrected chi connectivity index (χ0v) is 15.6. The van der Waals surface area contributed by atoms with Gasteiger partial charge in [-0.05, 0) is 36.2 Å². The van der Waals surface area contributed by atoms with E-state index in [0.29, 0.717) is 23.3 Å². The van der Waals surface area contributed by atoms with Gasteiger partial charge in [-0.15, -0.1) is 5.01 Å². The van der Waals surface area contributed by atoms with Gasteiger partial charge in [0, 0.05) is 0 Å². The zero-order chi connectivity index (χ0) is 20.4. The van der Waals surface area contributed by atoms with Gasteiger partial charge in [-0.25, -0.2) is 9.18 Å². The normalized spacial score (nSPS) is 19.2. The Morgan fingerprint density at radius 3 is 2.52 bits per heavy atom. The molecule has 146 valence electrons. The number of nitrogens with one attached hydrogen (secondary N) is 1. The van der Waals surface area contributed by atoms with Gasteiger partial charge in [-0.3, -0.25) is 4.79 Å². The zero-order valence-electron chi connectivity index (χ0n) is 15.6. The van der Waals surface area contributed by atoms with Crippen molar-refractivity contribution >= 4 is 18.2 Å². The van der Waals surface area contributed by atoms with Crippen molar-refractivity contribution in [2.75, 3.05) is 0 Å². The summed E-state index contributed by atoms with van der Waals surface area (Å²) in [5.74, 6) is -0.255. The lowest BCUT2D eigenvalue weighted by Gasteiger charge is -2.24. The van der Waals surface area contributed by atoms with E-state index in [0.717, 1.165) is 5.01 Å². The Bertz CT molecular complexity index is 1090. The number of benzene rings is 2. The molecule has 0 radical (unpaired) electrons. The number of urea groups is 1. The summed E-state index contributed by atoms with van der Waals surface area (Å²) in [7, 11) is 0. The van der Waals surface area contributed by atoms with E-state index in [9.17, 15) is 14.0 Å². The summed E-state index contributed by atoms with van der Waals surface area (Å²) in [6, 6.07) is 17.9. The minimum Gasteiger partial charge on any atom is -0.455 e. The second-order valence-corrected chi connectivity index (χ2v) is 6.60. The van der Waals surface area contributed by atoms with E-state index in [-0.39, 0.29) is 5.76 Å². The van der Waals surface area contributed by atoms with Crippen molar-refractivity contribution in [3.63, 3.8) is 0 Å². The van der Waals surface area contributed by atoms with Crippen molar-refractivity contribution in [2.45, 2.75) is 18.9 Å². The van der Waals surface area contributed by atoms with Crippen LogP contribution in [0.2, 0.25) is 0 Å². The standard InChI is InChI=1S/C22H18FN3O3/c1-2-22(15-8-4-3-5-9-15)20(27)26(21(28)25-22)24-14-16-12-13-19(29-16)17-10-6-7-11-18(17)23/h3-14H,2H2,1H3,(H,25,28)/b24-14-/t22-/m0/s1. The Kier molecular flexibility index (Phi) is 4.72. The highest BCUT2D eigenvalue weighted by Gasteiger charge is 2.51. The molecule has 2 aromatic carbocycles. The number of carbonyl (C=O) groups is 2. The first-order chi connectivity index (χ1) is 14.0. The molecule has 7 heteroatoms. The molecular formula is C22H18FN3O3. The number of furan rings is 1. The van der Waals surface area contributed by atoms with E-state index in [4.69, 9.17) is 4.42 Å².